The lowest BCUT2D eigenvalue weighted by Gasteiger charge is -1.42. The number of hydrogen-bond acceptors (Lipinski definition) is 0. The van der Waals surface area contributed by atoms with Crippen molar-refractivity contribution < 1.29 is 17.6 Å². The van der Waals surface area contributed by atoms with Crippen LogP contribution in [0.2, 0.25) is 0 Å². The van der Waals surface area contributed by atoms with Crippen LogP contribution in [0.25, 0.3) is 0 Å². The molecule has 0 fully saturated rings. The van der Waals surface area contributed by atoms with Crippen molar-refractivity contribution >= 4 is 0 Å². The van der Waals surface area contributed by atoms with E-state index in [0.29, 0.717) is 0 Å². The average molecular weight is 136 g/mol. The highest BCUT2D eigenvalue weighted by atomic mass is 19.3. The topological polar surface area (TPSA) is 0 Å². The number of rotatable bonds is 0. The van der Waals surface area contributed by atoms with E-state index in [-0.39, 0.29) is 14.9 Å². The highest BCUT2D eigenvalue weighted by Gasteiger charge is 1.44. The monoisotopic (exact) mass is 136 g/mol. The maximum atomic E-state index is 9.62. The van der Waals surface area contributed by atoms with Crippen molar-refractivity contribution in [1.29, 1.82) is 0 Å². The minimum absolute atomic E-state index is 0. The molecule has 0 aromatic heterocycles. The first kappa shape index (κ1) is 25.2. The standard InChI is InChI=1S/2CH2F2.2CH4/c2*2-1-3;;/h2*1H2;2*1H4. The predicted octanol–water partition coefficient (Wildman–Crippen LogP) is 3.04. The molecule has 0 aliphatic heterocycles. The Bertz CT molecular complexity index is 10.0. The molecule has 8 heavy (non-hydrogen) atoms. The highest BCUT2D eigenvalue weighted by molar-refractivity contribution is 3.57. The van der Waals surface area contributed by atoms with Gasteiger partial charge in [-0.3, -0.25) is 0 Å². The predicted molar refractivity (Wildman–Crippen MR) is 27.6 cm³/mol. The first-order chi connectivity index (χ1) is 2.83. The van der Waals surface area contributed by atoms with Gasteiger partial charge >= 0.3 is 0 Å². The van der Waals surface area contributed by atoms with Gasteiger partial charge in [0.25, 0.3) is 0 Å². The summed E-state index contributed by atoms with van der Waals surface area (Å²) in [6, 6.07) is 0. The maximum Gasteiger partial charge on any atom is 0.229 e. The fourth-order valence-corrected chi connectivity index (χ4v) is 0. The highest BCUT2D eigenvalue weighted by Crippen LogP contribution is 1.56. The zero-order chi connectivity index (χ0) is 5.41. The van der Waals surface area contributed by atoms with Gasteiger partial charge in [-0.25, -0.2) is 17.6 Å². The summed E-state index contributed by atoms with van der Waals surface area (Å²) in [6.07, 6.45) is 0. The fourth-order valence-electron chi connectivity index (χ4n) is 0. The SMILES string of the molecule is C.C.FCF.FCF. The molecule has 0 saturated heterocycles. The van der Waals surface area contributed by atoms with Gasteiger partial charge < -0.3 is 0 Å². The van der Waals surface area contributed by atoms with E-state index in [2.05, 4.69) is 0 Å². The van der Waals surface area contributed by atoms with Crippen molar-refractivity contribution in [3.8, 4) is 0 Å². The van der Waals surface area contributed by atoms with Gasteiger partial charge in [-0.05, 0) is 0 Å². The minimum atomic E-state index is -1.75. The molecule has 0 nitrogen and oxygen atoms in total. The Morgan fingerprint density at radius 3 is 0.625 bits per heavy atom. The van der Waals surface area contributed by atoms with Crippen LogP contribution in [0.5, 0.6) is 0 Å². The van der Waals surface area contributed by atoms with Gasteiger partial charge in [0.1, 0.15) is 0 Å². The summed E-state index contributed by atoms with van der Waals surface area (Å²) in [6.45, 7) is -3.50. The van der Waals surface area contributed by atoms with Crippen LogP contribution in [0.15, 0.2) is 0 Å². The molecular formula is C4H12F4. The molecule has 0 bridgehead atoms. The van der Waals surface area contributed by atoms with Gasteiger partial charge in [-0.1, -0.05) is 14.9 Å². The molecule has 0 aliphatic carbocycles. The van der Waals surface area contributed by atoms with Crippen LogP contribution in [0, 0.1) is 0 Å². The van der Waals surface area contributed by atoms with Gasteiger partial charge in [0.15, 0.2) is 0 Å². The Balaban J connectivity index is -0.0000000160. The molecule has 0 amide bonds. The van der Waals surface area contributed by atoms with Crippen LogP contribution in [-0.2, 0) is 0 Å². The molecule has 0 saturated carbocycles. The van der Waals surface area contributed by atoms with Gasteiger partial charge in [0, 0.05) is 0 Å². The first-order valence-corrected chi connectivity index (χ1v) is 1.07. The van der Waals surface area contributed by atoms with Gasteiger partial charge in [0.2, 0.25) is 13.9 Å². The van der Waals surface area contributed by atoms with E-state index in [9.17, 15) is 17.6 Å². The van der Waals surface area contributed by atoms with Crippen LogP contribution >= 0.6 is 0 Å². The summed E-state index contributed by atoms with van der Waals surface area (Å²) in [4.78, 5) is 0. The van der Waals surface area contributed by atoms with Crippen molar-refractivity contribution in [3.63, 3.8) is 0 Å². The van der Waals surface area contributed by atoms with E-state index >= 15 is 0 Å². The number of halogens is 4. The molecule has 0 aromatic rings. The normalized spacial score (nSPS) is 4.50. The van der Waals surface area contributed by atoms with Crippen LogP contribution in [0.1, 0.15) is 14.9 Å². The molecule has 0 aromatic carbocycles. The Morgan fingerprint density at radius 2 is 0.625 bits per heavy atom. The summed E-state index contributed by atoms with van der Waals surface area (Å²) >= 11 is 0. The Hall–Kier alpha value is -0.280. The zero-order valence-electron chi connectivity index (χ0n) is 2.93. The second kappa shape index (κ2) is 74.3. The van der Waals surface area contributed by atoms with E-state index in [4.69, 9.17) is 0 Å². The van der Waals surface area contributed by atoms with Crippen molar-refractivity contribution in [2.45, 2.75) is 14.9 Å². The van der Waals surface area contributed by atoms with Crippen molar-refractivity contribution in [2.24, 2.45) is 0 Å². The van der Waals surface area contributed by atoms with Crippen LogP contribution in [0.3, 0.4) is 0 Å². The van der Waals surface area contributed by atoms with Gasteiger partial charge in [0.05, 0.1) is 0 Å². The van der Waals surface area contributed by atoms with Crippen molar-refractivity contribution in [1.82, 2.24) is 0 Å². The van der Waals surface area contributed by atoms with E-state index < -0.39 is 13.9 Å². The molecule has 0 atom stereocenters. The van der Waals surface area contributed by atoms with Gasteiger partial charge in [-0.15, -0.1) is 0 Å². The minimum Gasteiger partial charge on any atom is -0.214 e. The summed E-state index contributed by atoms with van der Waals surface area (Å²) in [7, 11) is 0. The van der Waals surface area contributed by atoms with Crippen molar-refractivity contribution in [3.05, 3.63) is 0 Å². The van der Waals surface area contributed by atoms with Crippen LogP contribution < -0.4 is 0 Å². The Morgan fingerprint density at radius 1 is 0.625 bits per heavy atom. The summed E-state index contributed by atoms with van der Waals surface area (Å²) in [5.74, 6) is 0. The number of alkyl halides is 4. The zero-order valence-corrected chi connectivity index (χ0v) is 2.93. The molecule has 0 radical (unpaired) electrons. The lowest BCUT2D eigenvalue weighted by molar-refractivity contribution is 0.295. The first-order valence-electron chi connectivity index (χ1n) is 1.07. The molecule has 4 heteroatoms. The molecule has 0 unspecified atom stereocenters. The largest absolute Gasteiger partial charge is 0.229 e. The average Bonchev–Trinajstić information content (AvgIpc) is 1.39. The Kier molecular flexibility index (Phi) is 234. The second-order valence-corrected chi connectivity index (χ2v) is 0.202. The molecular weight excluding hydrogens is 124 g/mol. The Labute approximate surface area is 47.5 Å². The van der Waals surface area contributed by atoms with Crippen LogP contribution in [-0.4, -0.2) is 13.9 Å². The molecule has 0 aliphatic rings. The maximum absolute atomic E-state index is 9.62. The smallest absolute Gasteiger partial charge is 0.214 e. The van der Waals surface area contributed by atoms with E-state index in [0.717, 1.165) is 0 Å². The van der Waals surface area contributed by atoms with E-state index in [1.54, 1.807) is 0 Å². The van der Waals surface area contributed by atoms with Crippen molar-refractivity contribution in [2.75, 3.05) is 13.9 Å². The molecule has 0 spiro atoms. The molecule has 56 valence electrons. The van der Waals surface area contributed by atoms with E-state index in [1.165, 1.54) is 0 Å². The summed E-state index contributed by atoms with van der Waals surface area (Å²) < 4.78 is 38.5. The lowest BCUT2D eigenvalue weighted by atomic mass is 11.7. The third-order valence-corrected chi connectivity index (χ3v) is 0. The number of hydrogen-bond donors (Lipinski definition) is 0. The third kappa shape index (κ3) is 1630. The molecule has 0 N–H and O–H groups in total. The third-order valence-electron chi connectivity index (χ3n) is 0. The molecule has 0 heterocycles. The second-order valence-electron chi connectivity index (χ2n) is 0.202. The lowest BCUT2D eigenvalue weighted by Crippen LogP contribution is -1.34. The van der Waals surface area contributed by atoms with Gasteiger partial charge in [-0.2, -0.15) is 0 Å². The summed E-state index contributed by atoms with van der Waals surface area (Å²) in [5, 5.41) is 0. The summed E-state index contributed by atoms with van der Waals surface area (Å²) in [5.41, 5.74) is 0. The van der Waals surface area contributed by atoms with E-state index in [1.807, 2.05) is 0 Å². The van der Waals surface area contributed by atoms with Crippen LogP contribution in [0.4, 0.5) is 17.6 Å². The molecule has 0 rings (SSSR count). The fraction of sp³-hybridized carbons (Fsp3) is 1.00. The quantitative estimate of drug-likeness (QED) is 0.449.